The Morgan fingerprint density at radius 2 is 1.74 bits per heavy atom. The van der Waals surface area contributed by atoms with Crippen molar-refractivity contribution in [2.24, 2.45) is 4.99 Å². The average molecular weight is 555 g/mol. The highest BCUT2D eigenvalue weighted by Gasteiger charge is 2.21. The third kappa shape index (κ3) is 13.4. The quantitative estimate of drug-likeness (QED) is 0.219. The molecule has 0 aromatic carbocycles. The highest BCUT2D eigenvalue weighted by Crippen LogP contribution is 2.07. The molecule has 0 aliphatic carbocycles. The van der Waals surface area contributed by atoms with Crippen LogP contribution in [0.2, 0.25) is 0 Å². The third-order valence-electron chi connectivity index (χ3n) is 5.40. The Bertz CT molecular complexity index is 519. The second-order valence-electron chi connectivity index (χ2n) is 9.14. The molecule has 0 bridgehead atoms. The first-order valence-corrected chi connectivity index (χ1v) is 11.6. The second-order valence-corrected chi connectivity index (χ2v) is 9.14. The Balaban J connectivity index is 0.00000900. The molecule has 1 aliphatic rings. The van der Waals surface area contributed by atoms with Crippen molar-refractivity contribution in [1.29, 1.82) is 0 Å². The number of nitrogens with zero attached hydrogens (tertiary/aromatic N) is 3. The van der Waals surface area contributed by atoms with E-state index in [2.05, 4.69) is 51.5 Å². The van der Waals surface area contributed by atoms with Crippen LogP contribution in [-0.4, -0.2) is 92.4 Å². The van der Waals surface area contributed by atoms with Crippen LogP contribution in [0.4, 0.5) is 4.79 Å². The van der Waals surface area contributed by atoms with Crippen molar-refractivity contribution in [2.75, 3.05) is 52.9 Å². The molecule has 0 aromatic rings. The van der Waals surface area contributed by atoms with Crippen LogP contribution in [-0.2, 0) is 4.74 Å². The first-order chi connectivity index (χ1) is 14.2. The summed E-state index contributed by atoms with van der Waals surface area (Å²) < 4.78 is 5.35. The topological polar surface area (TPSA) is 81.2 Å². The molecule has 8 nitrogen and oxygen atoms in total. The molecular weight excluding hydrogens is 507 g/mol. The van der Waals surface area contributed by atoms with Crippen molar-refractivity contribution in [2.45, 2.75) is 78.5 Å². The molecule has 31 heavy (non-hydrogen) atoms. The number of ether oxygens (including phenoxy) is 1. The van der Waals surface area contributed by atoms with Crippen LogP contribution in [0.25, 0.3) is 0 Å². The summed E-state index contributed by atoms with van der Waals surface area (Å²) in [6.07, 6.45) is 2.77. The van der Waals surface area contributed by atoms with Gasteiger partial charge in [0.15, 0.2) is 5.96 Å². The highest BCUT2D eigenvalue weighted by atomic mass is 127. The van der Waals surface area contributed by atoms with E-state index in [0.717, 1.165) is 64.5 Å². The van der Waals surface area contributed by atoms with E-state index in [1.54, 1.807) is 7.05 Å². The molecular formula is C22H47IN6O2. The highest BCUT2D eigenvalue weighted by molar-refractivity contribution is 14.0. The molecule has 0 spiro atoms. The number of rotatable bonds is 10. The fraction of sp³-hybridized carbons (Fsp3) is 0.909. The zero-order chi connectivity index (χ0) is 22.6. The van der Waals surface area contributed by atoms with Gasteiger partial charge in [-0.25, -0.2) is 4.79 Å². The van der Waals surface area contributed by atoms with Crippen LogP contribution in [0.1, 0.15) is 60.8 Å². The number of nitrogens with one attached hydrogen (secondary N) is 3. The van der Waals surface area contributed by atoms with Crippen LogP contribution in [0.3, 0.4) is 0 Å². The Labute approximate surface area is 207 Å². The van der Waals surface area contributed by atoms with Gasteiger partial charge in [-0.15, -0.1) is 24.0 Å². The van der Waals surface area contributed by atoms with Crippen LogP contribution < -0.4 is 16.0 Å². The average Bonchev–Trinajstić information content (AvgIpc) is 2.71. The monoisotopic (exact) mass is 554 g/mol. The van der Waals surface area contributed by atoms with Gasteiger partial charge in [0.05, 0.1) is 0 Å². The van der Waals surface area contributed by atoms with Crippen LogP contribution >= 0.6 is 24.0 Å². The number of unbranched alkanes of at least 4 members (excludes halogenated alkanes) is 1. The molecule has 1 fully saturated rings. The molecule has 184 valence electrons. The minimum absolute atomic E-state index is 0. The molecule has 1 amide bonds. The van der Waals surface area contributed by atoms with Gasteiger partial charge in [0, 0.05) is 58.4 Å². The molecule has 0 radical (unpaired) electrons. The van der Waals surface area contributed by atoms with Gasteiger partial charge >= 0.3 is 6.09 Å². The predicted molar refractivity (Wildman–Crippen MR) is 141 cm³/mol. The maximum Gasteiger partial charge on any atom is 0.407 e. The first kappa shape index (κ1) is 30.2. The smallest absolute Gasteiger partial charge is 0.407 e. The SMILES string of the molecule is CCCCC(CNC(=O)OC(C)(C)C)NC(=NC)NCC(C)N1CCN(CC)CC1.I. The van der Waals surface area contributed by atoms with E-state index < -0.39 is 5.60 Å². The van der Waals surface area contributed by atoms with Gasteiger partial charge < -0.3 is 25.6 Å². The lowest BCUT2D eigenvalue weighted by molar-refractivity contribution is 0.0522. The van der Waals surface area contributed by atoms with E-state index in [0.29, 0.717) is 12.6 Å². The number of hydrogen-bond acceptors (Lipinski definition) is 5. The molecule has 1 heterocycles. The summed E-state index contributed by atoms with van der Waals surface area (Å²) in [6, 6.07) is 0.545. The maximum absolute atomic E-state index is 12.0. The molecule has 2 atom stereocenters. The summed E-state index contributed by atoms with van der Waals surface area (Å²) in [7, 11) is 1.79. The van der Waals surface area contributed by atoms with Gasteiger partial charge in [0.1, 0.15) is 5.60 Å². The number of likely N-dealkylation sites (N-methyl/N-ethyl adjacent to an activating group) is 1. The largest absolute Gasteiger partial charge is 0.444 e. The molecule has 0 aromatic heterocycles. The Hall–Kier alpha value is -0.810. The number of guanidine groups is 1. The van der Waals surface area contributed by atoms with Crippen molar-refractivity contribution in [3.8, 4) is 0 Å². The molecule has 2 unspecified atom stereocenters. The molecule has 0 saturated carbocycles. The summed E-state index contributed by atoms with van der Waals surface area (Å²) in [5.41, 5.74) is -0.493. The second kappa shape index (κ2) is 15.9. The van der Waals surface area contributed by atoms with Crippen molar-refractivity contribution in [3.63, 3.8) is 0 Å². The Morgan fingerprint density at radius 3 is 2.26 bits per heavy atom. The Morgan fingerprint density at radius 1 is 1.10 bits per heavy atom. The van der Waals surface area contributed by atoms with E-state index in [1.165, 1.54) is 0 Å². The van der Waals surface area contributed by atoms with Gasteiger partial charge in [-0.2, -0.15) is 0 Å². The number of carbonyl (C=O) groups excluding carboxylic acids is 1. The normalized spacial score (nSPS) is 18.0. The van der Waals surface area contributed by atoms with E-state index in [9.17, 15) is 4.79 Å². The number of aliphatic imine (C=N–C) groups is 1. The van der Waals surface area contributed by atoms with Crippen LogP contribution in [0.15, 0.2) is 4.99 Å². The number of alkyl carbamates (subject to hydrolysis) is 1. The standard InChI is InChI=1S/C22H46N6O2.HI/c1-8-10-11-19(17-25-21(29)30-22(4,5)6)26-20(23-7)24-16-18(3)28-14-12-27(9-2)13-15-28;/h18-19H,8-17H2,1-7H3,(H,25,29)(H2,23,24,26);1H. The molecule has 1 aliphatic heterocycles. The number of hydrogen-bond donors (Lipinski definition) is 3. The summed E-state index contributed by atoms with van der Waals surface area (Å²) in [5, 5.41) is 9.82. The predicted octanol–water partition coefficient (Wildman–Crippen LogP) is 2.88. The minimum Gasteiger partial charge on any atom is -0.444 e. The number of amides is 1. The lowest BCUT2D eigenvalue weighted by Gasteiger charge is -2.37. The first-order valence-electron chi connectivity index (χ1n) is 11.6. The zero-order valence-corrected chi connectivity index (χ0v) is 23.1. The van der Waals surface area contributed by atoms with Crippen molar-refractivity contribution in [1.82, 2.24) is 25.8 Å². The summed E-state index contributed by atoms with van der Waals surface area (Å²) in [6.45, 7) is 19.3. The van der Waals surface area contributed by atoms with Crippen LogP contribution in [0, 0.1) is 0 Å². The van der Waals surface area contributed by atoms with Crippen molar-refractivity contribution in [3.05, 3.63) is 0 Å². The van der Waals surface area contributed by atoms with Crippen molar-refractivity contribution >= 4 is 36.0 Å². The van der Waals surface area contributed by atoms with Crippen LogP contribution in [0.5, 0.6) is 0 Å². The van der Waals surface area contributed by atoms with E-state index in [1.807, 2.05) is 20.8 Å². The van der Waals surface area contributed by atoms with E-state index in [4.69, 9.17) is 4.74 Å². The summed E-state index contributed by atoms with van der Waals surface area (Å²) >= 11 is 0. The van der Waals surface area contributed by atoms with Gasteiger partial charge in [-0.1, -0.05) is 26.7 Å². The minimum atomic E-state index is -0.493. The summed E-state index contributed by atoms with van der Waals surface area (Å²) in [4.78, 5) is 21.4. The maximum atomic E-state index is 12.0. The van der Waals surface area contributed by atoms with E-state index in [-0.39, 0.29) is 36.1 Å². The van der Waals surface area contributed by atoms with Gasteiger partial charge in [0.2, 0.25) is 0 Å². The Kier molecular flexibility index (Phi) is 15.5. The van der Waals surface area contributed by atoms with Gasteiger partial charge in [0.25, 0.3) is 0 Å². The fourth-order valence-corrected chi connectivity index (χ4v) is 3.48. The van der Waals surface area contributed by atoms with Gasteiger partial charge in [-0.05, 0) is 40.7 Å². The number of carbonyl (C=O) groups is 1. The number of halogens is 1. The summed E-state index contributed by atoms with van der Waals surface area (Å²) in [5.74, 6) is 0.779. The third-order valence-corrected chi connectivity index (χ3v) is 5.40. The molecule has 1 rings (SSSR count). The lowest BCUT2D eigenvalue weighted by atomic mass is 10.1. The molecule has 3 N–H and O–H groups in total. The number of piperazine rings is 1. The van der Waals surface area contributed by atoms with E-state index >= 15 is 0 Å². The molecule has 9 heteroatoms. The van der Waals surface area contributed by atoms with Gasteiger partial charge in [-0.3, -0.25) is 9.89 Å². The fourth-order valence-electron chi connectivity index (χ4n) is 3.48. The van der Waals surface area contributed by atoms with Crippen molar-refractivity contribution < 1.29 is 9.53 Å². The molecule has 1 saturated heterocycles. The zero-order valence-electron chi connectivity index (χ0n) is 20.8. The lowest BCUT2D eigenvalue weighted by Crippen LogP contribution is -2.54.